The van der Waals surface area contributed by atoms with Gasteiger partial charge in [0.1, 0.15) is 0 Å². The minimum atomic E-state index is -0.611. The maximum Gasteiger partial charge on any atom is 0.166 e. The van der Waals surface area contributed by atoms with E-state index in [4.69, 9.17) is 11.6 Å². The molecule has 0 amide bonds. The molecule has 0 saturated carbocycles. The van der Waals surface area contributed by atoms with Crippen LogP contribution in [-0.2, 0) is 0 Å². The van der Waals surface area contributed by atoms with Crippen LogP contribution < -0.4 is 0 Å². The summed E-state index contributed by atoms with van der Waals surface area (Å²) in [7, 11) is 0. The maximum absolute atomic E-state index is 13.3. The number of hydrogen-bond acceptors (Lipinski definition) is 2. The van der Waals surface area contributed by atoms with Gasteiger partial charge in [-0.3, -0.25) is 4.79 Å². The number of ketones is 1. The molecule has 0 radical (unpaired) electrons. The van der Waals surface area contributed by atoms with Gasteiger partial charge in [-0.2, -0.15) is 11.8 Å². The van der Waals surface area contributed by atoms with Crippen molar-refractivity contribution in [1.82, 2.24) is 0 Å². The Morgan fingerprint density at radius 3 is 2.93 bits per heavy atom. The predicted molar refractivity (Wildman–Crippen MR) is 58.7 cm³/mol. The first-order valence-corrected chi connectivity index (χ1v) is 5.90. The second kappa shape index (κ2) is 5.37. The summed E-state index contributed by atoms with van der Waals surface area (Å²) in [6, 6.07) is 4.48. The fourth-order valence-corrected chi connectivity index (χ4v) is 1.61. The highest BCUT2D eigenvalue weighted by atomic mass is 35.5. The molecule has 0 unspecified atom stereocenters. The number of carbonyl (C=O) groups excluding carboxylic acids is 1. The molecule has 0 N–H and O–H groups in total. The van der Waals surface area contributed by atoms with Crippen molar-refractivity contribution in [3.05, 3.63) is 34.6 Å². The van der Waals surface area contributed by atoms with Gasteiger partial charge in [0.05, 0.1) is 10.6 Å². The van der Waals surface area contributed by atoms with Crippen molar-refractivity contribution in [3.8, 4) is 0 Å². The Hall–Kier alpha value is -0.540. The van der Waals surface area contributed by atoms with Crippen LogP contribution in [0.4, 0.5) is 4.39 Å². The summed E-state index contributed by atoms with van der Waals surface area (Å²) in [5.41, 5.74) is 0.0894. The zero-order valence-electron chi connectivity index (χ0n) is 7.72. The summed E-state index contributed by atoms with van der Waals surface area (Å²) in [5.74, 6) is -0.107. The first kappa shape index (κ1) is 11.5. The lowest BCUT2D eigenvalue weighted by Gasteiger charge is -2.02. The van der Waals surface area contributed by atoms with Gasteiger partial charge >= 0.3 is 0 Å². The second-order valence-electron chi connectivity index (χ2n) is 2.77. The minimum absolute atomic E-state index is 0.00000142. The van der Waals surface area contributed by atoms with E-state index in [1.54, 1.807) is 17.8 Å². The smallest absolute Gasteiger partial charge is 0.166 e. The molecule has 1 rings (SSSR count). The Morgan fingerprint density at radius 2 is 2.29 bits per heavy atom. The number of Topliss-reactive ketones (excluding diaryl/α,β-unsaturated/α-hetero) is 1. The highest BCUT2D eigenvalue weighted by Gasteiger charge is 2.12. The van der Waals surface area contributed by atoms with Crippen molar-refractivity contribution in [3.63, 3.8) is 0 Å². The molecule has 0 heterocycles. The quantitative estimate of drug-likeness (QED) is 0.740. The van der Waals surface area contributed by atoms with Gasteiger partial charge in [-0.15, -0.1) is 0 Å². The molecule has 1 nitrogen and oxygen atoms in total. The molecule has 0 bridgehead atoms. The third-order valence-electron chi connectivity index (χ3n) is 1.79. The molecule has 76 valence electrons. The average molecular weight is 233 g/mol. The van der Waals surface area contributed by atoms with E-state index in [2.05, 4.69) is 0 Å². The van der Waals surface area contributed by atoms with Crippen LogP contribution in [0.2, 0.25) is 5.02 Å². The molecule has 0 aliphatic rings. The van der Waals surface area contributed by atoms with Gasteiger partial charge in [-0.1, -0.05) is 17.7 Å². The summed E-state index contributed by atoms with van der Waals surface area (Å²) in [6.07, 6.45) is 2.25. The van der Waals surface area contributed by atoms with Crippen molar-refractivity contribution >= 4 is 29.1 Å². The summed E-state index contributed by atoms with van der Waals surface area (Å²) < 4.78 is 13.3. The fraction of sp³-hybridized carbons (Fsp3) is 0.300. The van der Waals surface area contributed by atoms with Gasteiger partial charge in [-0.05, 0) is 18.4 Å². The minimum Gasteiger partial charge on any atom is -0.294 e. The monoisotopic (exact) mass is 232 g/mol. The summed E-state index contributed by atoms with van der Waals surface area (Å²) in [5, 5.41) is 0.00000142. The normalized spacial score (nSPS) is 10.2. The van der Waals surface area contributed by atoms with Crippen molar-refractivity contribution in [2.45, 2.75) is 6.42 Å². The van der Waals surface area contributed by atoms with Crippen LogP contribution in [0, 0.1) is 5.82 Å². The van der Waals surface area contributed by atoms with Gasteiger partial charge in [0, 0.05) is 12.2 Å². The first-order valence-electron chi connectivity index (χ1n) is 4.13. The third-order valence-corrected chi connectivity index (χ3v) is 2.69. The van der Waals surface area contributed by atoms with Crippen LogP contribution in [0.25, 0.3) is 0 Å². The first-order chi connectivity index (χ1) is 6.66. The highest BCUT2D eigenvalue weighted by molar-refractivity contribution is 7.98. The molecule has 0 saturated heterocycles. The van der Waals surface area contributed by atoms with Gasteiger partial charge in [-0.25, -0.2) is 4.39 Å². The summed E-state index contributed by atoms with van der Waals surface area (Å²) in [4.78, 5) is 11.5. The Morgan fingerprint density at radius 1 is 1.57 bits per heavy atom. The van der Waals surface area contributed by atoms with Crippen LogP contribution in [0.3, 0.4) is 0 Å². The SMILES string of the molecule is CSCCC(=O)c1cccc(Cl)c1F. The molecule has 1 aromatic carbocycles. The number of halogens is 2. The van der Waals surface area contributed by atoms with E-state index in [1.165, 1.54) is 12.1 Å². The molecule has 0 fully saturated rings. The van der Waals surface area contributed by atoms with Gasteiger partial charge < -0.3 is 0 Å². The second-order valence-corrected chi connectivity index (χ2v) is 4.16. The number of carbonyl (C=O) groups is 1. The van der Waals surface area contributed by atoms with Gasteiger partial charge in [0.25, 0.3) is 0 Å². The molecule has 0 aliphatic carbocycles. The number of thioether (sulfide) groups is 1. The number of hydrogen-bond donors (Lipinski definition) is 0. The van der Waals surface area contributed by atoms with E-state index in [0.717, 1.165) is 0 Å². The Balaban J connectivity index is 2.84. The maximum atomic E-state index is 13.3. The van der Waals surface area contributed by atoms with Crippen molar-refractivity contribution < 1.29 is 9.18 Å². The largest absolute Gasteiger partial charge is 0.294 e. The summed E-state index contributed by atoms with van der Waals surface area (Å²) in [6.45, 7) is 0. The van der Waals surface area contributed by atoms with E-state index in [1.807, 2.05) is 6.26 Å². The Bertz CT molecular complexity index is 341. The van der Waals surface area contributed by atoms with Crippen LogP contribution in [0.1, 0.15) is 16.8 Å². The number of benzene rings is 1. The van der Waals surface area contributed by atoms with Crippen molar-refractivity contribution in [2.75, 3.05) is 12.0 Å². The van der Waals surface area contributed by atoms with Gasteiger partial charge in [0.15, 0.2) is 11.6 Å². The van der Waals surface area contributed by atoms with Crippen LogP contribution in [0.15, 0.2) is 18.2 Å². The topological polar surface area (TPSA) is 17.1 Å². The van der Waals surface area contributed by atoms with Crippen LogP contribution in [0.5, 0.6) is 0 Å². The molecule has 0 atom stereocenters. The van der Waals surface area contributed by atoms with Crippen LogP contribution >= 0.6 is 23.4 Å². The molecule has 0 aromatic heterocycles. The zero-order valence-corrected chi connectivity index (χ0v) is 9.29. The van der Waals surface area contributed by atoms with E-state index in [9.17, 15) is 9.18 Å². The molecule has 0 spiro atoms. The average Bonchev–Trinajstić information content (AvgIpc) is 2.18. The number of rotatable bonds is 4. The molecule has 4 heteroatoms. The van der Waals surface area contributed by atoms with E-state index < -0.39 is 5.82 Å². The summed E-state index contributed by atoms with van der Waals surface area (Å²) >= 11 is 7.12. The molecular weight excluding hydrogens is 223 g/mol. The molecule has 1 aromatic rings. The van der Waals surface area contributed by atoms with Gasteiger partial charge in [0.2, 0.25) is 0 Å². The van der Waals surface area contributed by atoms with Crippen molar-refractivity contribution in [2.24, 2.45) is 0 Å². The third kappa shape index (κ3) is 2.72. The Labute approximate surface area is 91.6 Å². The fourth-order valence-electron chi connectivity index (χ4n) is 1.05. The predicted octanol–water partition coefficient (Wildman–Crippen LogP) is 3.41. The van der Waals surface area contributed by atoms with E-state index in [-0.39, 0.29) is 16.4 Å². The Kier molecular flexibility index (Phi) is 4.42. The highest BCUT2D eigenvalue weighted by Crippen LogP contribution is 2.19. The lowest BCUT2D eigenvalue weighted by molar-refractivity contribution is 0.0985. The molecule has 14 heavy (non-hydrogen) atoms. The standard InChI is InChI=1S/C10H10ClFOS/c1-14-6-5-9(13)7-3-2-4-8(11)10(7)12/h2-4H,5-6H2,1H3. The molecular formula is C10H10ClFOS. The lowest BCUT2D eigenvalue weighted by Crippen LogP contribution is -2.03. The van der Waals surface area contributed by atoms with Crippen LogP contribution in [-0.4, -0.2) is 17.8 Å². The zero-order chi connectivity index (χ0) is 10.6. The molecule has 0 aliphatic heterocycles. The van der Waals surface area contributed by atoms with E-state index >= 15 is 0 Å². The van der Waals surface area contributed by atoms with Crippen molar-refractivity contribution in [1.29, 1.82) is 0 Å². The lowest BCUT2D eigenvalue weighted by atomic mass is 10.1. The van der Waals surface area contributed by atoms with E-state index in [0.29, 0.717) is 12.2 Å².